The van der Waals surface area contributed by atoms with Gasteiger partial charge in [0.15, 0.2) is 0 Å². The number of nitro benzene ring substituents is 1. The van der Waals surface area contributed by atoms with Crippen molar-refractivity contribution in [3.05, 3.63) is 33.9 Å². The molecular formula is C12H18N2O3S. The average Bonchev–Trinajstić information content (AvgIpc) is 2.36. The molecule has 1 rings (SSSR count). The van der Waals surface area contributed by atoms with Crippen molar-refractivity contribution in [2.45, 2.75) is 13.5 Å². The van der Waals surface area contributed by atoms with E-state index in [1.165, 1.54) is 6.07 Å². The van der Waals surface area contributed by atoms with E-state index in [-0.39, 0.29) is 5.69 Å². The van der Waals surface area contributed by atoms with Crippen molar-refractivity contribution in [2.24, 2.45) is 0 Å². The van der Waals surface area contributed by atoms with Gasteiger partial charge in [-0.25, -0.2) is 0 Å². The van der Waals surface area contributed by atoms with Crippen LogP contribution in [0.2, 0.25) is 0 Å². The topological polar surface area (TPSA) is 64.4 Å². The number of hydrogen-bond donors (Lipinski definition) is 1. The smallest absolute Gasteiger partial charge is 0.270 e. The fourth-order valence-electron chi connectivity index (χ4n) is 1.50. The van der Waals surface area contributed by atoms with Crippen molar-refractivity contribution >= 4 is 17.4 Å². The van der Waals surface area contributed by atoms with Gasteiger partial charge in [-0.05, 0) is 18.9 Å². The Morgan fingerprint density at radius 1 is 1.50 bits per heavy atom. The molecule has 6 heteroatoms. The van der Waals surface area contributed by atoms with Crippen molar-refractivity contribution in [3.63, 3.8) is 0 Å². The SMILES string of the molecule is CCSCCOc1ccc([N+](=O)[O-])cc1CNC. The van der Waals surface area contributed by atoms with E-state index in [1.54, 1.807) is 30.9 Å². The Bertz CT molecular complexity index is 399. The van der Waals surface area contributed by atoms with E-state index in [9.17, 15) is 10.1 Å². The predicted molar refractivity (Wildman–Crippen MR) is 74.4 cm³/mol. The Kier molecular flexibility index (Phi) is 6.53. The fraction of sp³-hybridized carbons (Fsp3) is 0.500. The molecule has 18 heavy (non-hydrogen) atoms. The molecule has 0 fully saturated rings. The molecule has 0 aliphatic carbocycles. The summed E-state index contributed by atoms with van der Waals surface area (Å²) in [4.78, 5) is 10.3. The van der Waals surface area contributed by atoms with Gasteiger partial charge in [0, 0.05) is 30.0 Å². The lowest BCUT2D eigenvalue weighted by molar-refractivity contribution is -0.384. The molecular weight excluding hydrogens is 252 g/mol. The van der Waals surface area contributed by atoms with E-state index in [1.807, 2.05) is 0 Å². The minimum atomic E-state index is -0.393. The highest BCUT2D eigenvalue weighted by molar-refractivity contribution is 7.99. The highest BCUT2D eigenvalue weighted by Gasteiger charge is 2.11. The van der Waals surface area contributed by atoms with Crippen molar-refractivity contribution in [3.8, 4) is 5.75 Å². The lowest BCUT2D eigenvalue weighted by Gasteiger charge is -2.10. The normalized spacial score (nSPS) is 10.3. The summed E-state index contributed by atoms with van der Waals surface area (Å²) in [5.41, 5.74) is 0.906. The van der Waals surface area contributed by atoms with Gasteiger partial charge >= 0.3 is 0 Å². The van der Waals surface area contributed by atoms with Gasteiger partial charge in [0.2, 0.25) is 0 Å². The van der Waals surface area contributed by atoms with Gasteiger partial charge in [-0.3, -0.25) is 10.1 Å². The van der Waals surface area contributed by atoms with Gasteiger partial charge in [0.05, 0.1) is 11.5 Å². The third-order valence-electron chi connectivity index (χ3n) is 2.31. The zero-order valence-electron chi connectivity index (χ0n) is 10.6. The number of non-ortho nitro benzene ring substituents is 1. The molecule has 0 radical (unpaired) electrons. The Morgan fingerprint density at radius 2 is 2.28 bits per heavy atom. The minimum absolute atomic E-state index is 0.0931. The van der Waals surface area contributed by atoms with Crippen LogP contribution < -0.4 is 10.1 Å². The number of hydrogen-bond acceptors (Lipinski definition) is 5. The molecule has 5 nitrogen and oxygen atoms in total. The first-order chi connectivity index (χ1) is 8.69. The van der Waals surface area contributed by atoms with E-state index in [2.05, 4.69) is 12.2 Å². The second kappa shape index (κ2) is 7.94. The molecule has 0 atom stereocenters. The number of nitrogens with one attached hydrogen (secondary N) is 1. The maximum Gasteiger partial charge on any atom is 0.270 e. The molecule has 0 aliphatic rings. The van der Waals surface area contributed by atoms with Gasteiger partial charge in [-0.2, -0.15) is 11.8 Å². The monoisotopic (exact) mass is 270 g/mol. The number of rotatable bonds is 8. The van der Waals surface area contributed by atoms with Gasteiger partial charge in [0.25, 0.3) is 5.69 Å². The Balaban J connectivity index is 2.73. The van der Waals surface area contributed by atoms with E-state index in [0.29, 0.717) is 18.9 Å². The molecule has 0 aliphatic heterocycles. The Morgan fingerprint density at radius 3 is 2.89 bits per heavy atom. The van der Waals surface area contributed by atoms with E-state index in [4.69, 9.17) is 4.74 Å². The van der Waals surface area contributed by atoms with Crippen LogP contribution in [0.1, 0.15) is 12.5 Å². The van der Waals surface area contributed by atoms with Crippen LogP contribution in [0, 0.1) is 10.1 Å². The molecule has 0 unspecified atom stereocenters. The van der Waals surface area contributed by atoms with Gasteiger partial charge in [0.1, 0.15) is 5.75 Å². The first-order valence-electron chi connectivity index (χ1n) is 5.81. The van der Waals surface area contributed by atoms with Crippen LogP contribution in [0.25, 0.3) is 0 Å². The summed E-state index contributed by atoms with van der Waals surface area (Å²) < 4.78 is 5.64. The summed E-state index contributed by atoms with van der Waals surface area (Å²) in [6, 6.07) is 4.70. The molecule has 0 amide bonds. The van der Waals surface area contributed by atoms with Crippen molar-refractivity contribution in [1.82, 2.24) is 5.32 Å². The van der Waals surface area contributed by atoms with Crippen LogP contribution in [0.3, 0.4) is 0 Å². The number of benzene rings is 1. The summed E-state index contributed by atoms with van der Waals surface area (Å²) in [6.45, 7) is 3.27. The molecule has 0 saturated heterocycles. The standard InChI is InChI=1S/C12H18N2O3S/c1-3-18-7-6-17-12-5-4-11(14(15)16)8-10(12)9-13-2/h4-5,8,13H,3,6-7,9H2,1-2H3. The zero-order valence-corrected chi connectivity index (χ0v) is 11.5. The summed E-state index contributed by atoms with van der Waals surface area (Å²) in [6.07, 6.45) is 0. The summed E-state index contributed by atoms with van der Waals surface area (Å²) in [5.74, 6) is 2.70. The Hall–Kier alpha value is -1.27. The first-order valence-corrected chi connectivity index (χ1v) is 6.97. The number of nitro groups is 1. The predicted octanol–water partition coefficient (Wildman–Crippen LogP) is 2.45. The second-order valence-electron chi connectivity index (χ2n) is 3.62. The average molecular weight is 270 g/mol. The molecule has 0 aromatic heterocycles. The second-order valence-corrected chi connectivity index (χ2v) is 5.02. The molecule has 1 aromatic rings. The van der Waals surface area contributed by atoms with E-state index < -0.39 is 4.92 Å². The van der Waals surface area contributed by atoms with Gasteiger partial charge in [-0.1, -0.05) is 6.92 Å². The van der Waals surface area contributed by atoms with Crippen LogP contribution >= 0.6 is 11.8 Å². The van der Waals surface area contributed by atoms with E-state index >= 15 is 0 Å². The van der Waals surface area contributed by atoms with Crippen LogP contribution in [0.4, 0.5) is 5.69 Å². The molecule has 0 spiro atoms. The van der Waals surface area contributed by atoms with Crippen LogP contribution in [0.5, 0.6) is 5.75 Å². The third-order valence-corrected chi connectivity index (χ3v) is 3.18. The Labute approximate surface area is 111 Å². The van der Waals surface area contributed by atoms with Crippen molar-refractivity contribution in [1.29, 1.82) is 0 Å². The minimum Gasteiger partial charge on any atom is -0.492 e. The first kappa shape index (κ1) is 14.8. The summed E-state index contributed by atoms with van der Waals surface area (Å²) >= 11 is 1.81. The molecule has 0 saturated carbocycles. The third kappa shape index (κ3) is 4.54. The zero-order chi connectivity index (χ0) is 13.4. The number of ether oxygens (including phenoxy) is 1. The van der Waals surface area contributed by atoms with Crippen molar-refractivity contribution in [2.75, 3.05) is 25.2 Å². The van der Waals surface area contributed by atoms with Crippen molar-refractivity contribution < 1.29 is 9.66 Å². The molecule has 1 aromatic carbocycles. The lowest BCUT2D eigenvalue weighted by atomic mass is 10.2. The summed E-state index contributed by atoms with van der Waals surface area (Å²) in [5, 5.41) is 13.7. The van der Waals surface area contributed by atoms with Crippen LogP contribution in [-0.4, -0.2) is 30.1 Å². The molecule has 100 valence electrons. The molecule has 0 bridgehead atoms. The number of nitrogens with zero attached hydrogens (tertiary/aromatic N) is 1. The molecule has 1 N–H and O–H groups in total. The maximum absolute atomic E-state index is 10.7. The highest BCUT2D eigenvalue weighted by Crippen LogP contribution is 2.24. The van der Waals surface area contributed by atoms with Gasteiger partial charge < -0.3 is 10.1 Å². The summed E-state index contributed by atoms with van der Waals surface area (Å²) in [7, 11) is 1.80. The van der Waals surface area contributed by atoms with E-state index in [0.717, 1.165) is 17.1 Å². The fourth-order valence-corrected chi connectivity index (χ4v) is 1.99. The maximum atomic E-state index is 10.7. The quantitative estimate of drug-likeness (QED) is 0.446. The van der Waals surface area contributed by atoms with Crippen LogP contribution in [0.15, 0.2) is 18.2 Å². The highest BCUT2D eigenvalue weighted by atomic mass is 32.2. The largest absolute Gasteiger partial charge is 0.492 e. The lowest BCUT2D eigenvalue weighted by Crippen LogP contribution is -2.09. The molecule has 0 heterocycles. The van der Waals surface area contributed by atoms with Gasteiger partial charge in [-0.15, -0.1) is 0 Å². The number of thioether (sulfide) groups is 1. The van der Waals surface area contributed by atoms with Crippen LogP contribution in [-0.2, 0) is 6.54 Å².